The molecule has 8 heteroatoms. The SMILES string of the molecule is O=C(CCCc1ccccc1)Nc1ccc(N2CCN(C(=O)C(O)c3c(F)cccc3F)CC2)cc1. The van der Waals surface area contributed by atoms with E-state index < -0.39 is 29.2 Å². The number of hydrogen-bond acceptors (Lipinski definition) is 4. The normalized spacial score (nSPS) is 14.4. The molecule has 0 aromatic heterocycles. The molecule has 0 spiro atoms. The second-order valence-corrected chi connectivity index (χ2v) is 8.78. The highest BCUT2D eigenvalue weighted by molar-refractivity contribution is 5.90. The Hall–Kier alpha value is -3.78. The van der Waals surface area contributed by atoms with E-state index in [9.17, 15) is 23.5 Å². The van der Waals surface area contributed by atoms with Crippen molar-refractivity contribution >= 4 is 23.2 Å². The second-order valence-electron chi connectivity index (χ2n) is 8.78. The lowest BCUT2D eigenvalue weighted by Gasteiger charge is -2.37. The van der Waals surface area contributed by atoms with Gasteiger partial charge in [-0.3, -0.25) is 9.59 Å². The number of nitrogens with zero attached hydrogens (tertiary/aromatic N) is 2. The van der Waals surface area contributed by atoms with Crippen molar-refractivity contribution < 1.29 is 23.5 Å². The van der Waals surface area contributed by atoms with Crippen molar-refractivity contribution in [3.05, 3.63) is 95.6 Å². The number of aryl methyl sites for hydroxylation is 1. The van der Waals surface area contributed by atoms with Gasteiger partial charge in [-0.05, 0) is 54.8 Å². The van der Waals surface area contributed by atoms with Gasteiger partial charge in [-0.15, -0.1) is 0 Å². The van der Waals surface area contributed by atoms with Crippen molar-refractivity contribution in [3.8, 4) is 0 Å². The van der Waals surface area contributed by atoms with Crippen LogP contribution in [-0.2, 0) is 16.0 Å². The molecular weight excluding hydrogens is 464 g/mol. The molecule has 0 saturated carbocycles. The van der Waals surface area contributed by atoms with Gasteiger partial charge in [-0.2, -0.15) is 0 Å². The van der Waals surface area contributed by atoms with E-state index in [0.29, 0.717) is 38.3 Å². The maximum absolute atomic E-state index is 14.0. The summed E-state index contributed by atoms with van der Waals surface area (Å²) in [5, 5.41) is 13.2. The molecule has 1 aliphatic heterocycles. The summed E-state index contributed by atoms with van der Waals surface area (Å²) in [6, 6.07) is 20.8. The van der Waals surface area contributed by atoms with Crippen LogP contribution in [-0.4, -0.2) is 48.0 Å². The minimum atomic E-state index is -1.88. The summed E-state index contributed by atoms with van der Waals surface area (Å²) in [5.41, 5.74) is 2.24. The smallest absolute Gasteiger partial charge is 0.256 e. The third kappa shape index (κ3) is 6.26. The first-order valence-corrected chi connectivity index (χ1v) is 12.0. The van der Waals surface area contributed by atoms with Crippen molar-refractivity contribution in [1.29, 1.82) is 0 Å². The Bertz CT molecular complexity index is 1160. The lowest BCUT2D eigenvalue weighted by molar-refractivity contribution is -0.141. The van der Waals surface area contributed by atoms with Crippen molar-refractivity contribution in [2.24, 2.45) is 0 Å². The molecule has 4 rings (SSSR count). The molecule has 0 bridgehead atoms. The third-order valence-electron chi connectivity index (χ3n) is 6.33. The van der Waals surface area contributed by atoms with E-state index in [0.717, 1.165) is 30.7 Å². The number of benzene rings is 3. The van der Waals surface area contributed by atoms with Crippen molar-refractivity contribution in [2.45, 2.75) is 25.4 Å². The average Bonchev–Trinajstić information content (AvgIpc) is 2.89. The van der Waals surface area contributed by atoms with Gasteiger partial charge in [0.25, 0.3) is 5.91 Å². The molecular formula is C28H29F2N3O3. The Balaban J connectivity index is 1.24. The number of amides is 2. The van der Waals surface area contributed by atoms with Gasteiger partial charge in [-0.1, -0.05) is 36.4 Å². The molecule has 1 fully saturated rings. The van der Waals surface area contributed by atoms with Crippen molar-refractivity contribution in [3.63, 3.8) is 0 Å². The fraction of sp³-hybridized carbons (Fsp3) is 0.286. The first kappa shape index (κ1) is 25.3. The highest BCUT2D eigenvalue weighted by atomic mass is 19.1. The van der Waals surface area contributed by atoms with Gasteiger partial charge in [0.2, 0.25) is 5.91 Å². The maximum atomic E-state index is 14.0. The number of halogens is 2. The minimum absolute atomic E-state index is 0.0318. The Morgan fingerprint density at radius 3 is 2.14 bits per heavy atom. The van der Waals surface area contributed by atoms with Crippen LogP contribution >= 0.6 is 0 Å². The van der Waals surface area contributed by atoms with E-state index in [1.165, 1.54) is 16.5 Å². The van der Waals surface area contributed by atoms with E-state index in [2.05, 4.69) is 22.3 Å². The van der Waals surface area contributed by atoms with Crippen LogP contribution in [0.1, 0.15) is 30.1 Å². The van der Waals surface area contributed by atoms with Gasteiger partial charge in [0.15, 0.2) is 6.10 Å². The summed E-state index contributed by atoms with van der Waals surface area (Å²) >= 11 is 0. The van der Waals surface area contributed by atoms with Crippen LogP contribution in [0.4, 0.5) is 20.2 Å². The molecule has 3 aromatic carbocycles. The molecule has 0 radical (unpaired) electrons. The predicted octanol–water partition coefficient (Wildman–Crippen LogP) is 4.31. The molecule has 2 amide bonds. The highest BCUT2D eigenvalue weighted by Crippen LogP contribution is 2.25. The fourth-order valence-corrected chi connectivity index (χ4v) is 4.33. The molecule has 188 valence electrons. The maximum Gasteiger partial charge on any atom is 0.256 e. The number of carbonyl (C=O) groups excluding carboxylic acids is 2. The van der Waals surface area contributed by atoms with Crippen LogP contribution < -0.4 is 10.2 Å². The van der Waals surface area contributed by atoms with E-state index in [1.54, 1.807) is 0 Å². The zero-order valence-electron chi connectivity index (χ0n) is 19.9. The van der Waals surface area contributed by atoms with Crippen LogP contribution in [0.25, 0.3) is 0 Å². The van der Waals surface area contributed by atoms with Gasteiger partial charge < -0.3 is 20.2 Å². The van der Waals surface area contributed by atoms with Crippen LogP contribution in [0.2, 0.25) is 0 Å². The molecule has 1 aliphatic rings. The summed E-state index contributed by atoms with van der Waals surface area (Å²) in [6.45, 7) is 1.63. The topological polar surface area (TPSA) is 72.9 Å². The first-order chi connectivity index (χ1) is 17.4. The first-order valence-electron chi connectivity index (χ1n) is 12.0. The average molecular weight is 494 g/mol. The third-order valence-corrected chi connectivity index (χ3v) is 6.33. The minimum Gasteiger partial charge on any atom is -0.378 e. The summed E-state index contributed by atoms with van der Waals surface area (Å²) in [7, 11) is 0. The highest BCUT2D eigenvalue weighted by Gasteiger charge is 2.30. The number of piperazine rings is 1. The van der Waals surface area contributed by atoms with E-state index in [4.69, 9.17) is 0 Å². The van der Waals surface area contributed by atoms with Gasteiger partial charge in [0.05, 0.1) is 5.56 Å². The number of aliphatic hydroxyl groups excluding tert-OH is 1. The molecule has 1 atom stereocenters. The molecule has 1 unspecified atom stereocenters. The number of hydrogen-bond donors (Lipinski definition) is 2. The molecule has 2 N–H and O–H groups in total. The number of nitrogens with one attached hydrogen (secondary N) is 1. The molecule has 1 heterocycles. The molecule has 36 heavy (non-hydrogen) atoms. The van der Waals surface area contributed by atoms with E-state index in [1.807, 2.05) is 42.5 Å². The molecule has 6 nitrogen and oxygen atoms in total. The summed E-state index contributed by atoms with van der Waals surface area (Å²) < 4.78 is 27.9. The monoisotopic (exact) mass is 493 g/mol. The van der Waals surface area contributed by atoms with Crippen LogP contribution in [0.3, 0.4) is 0 Å². The summed E-state index contributed by atoms with van der Waals surface area (Å²) in [5.74, 6) is -2.64. The largest absolute Gasteiger partial charge is 0.378 e. The quantitative estimate of drug-likeness (QED) is 0.491. The zero-order valence-corrected chi connectivity index (χ0v) is 19.9. The van der Waals surface area contributed by atoms with Crippen LogP contribution in [0.5, 0.6) is 0 Å². The number of aliphatic hydroxyl groups is 1. The van der Waals surface area contributed by atoms with Crippen LogP contribution in [0.15, 0.2) is 72.8 Å². The Morgan fingerprint density at radius 2 is 1.50 bits per heavy atom. The number of anilines is 2. The van der Waals surface area contributed by atoms with E-state index in [-0.39, 0.29) is 5.91 Å². The van der Waals surface area contributed by atoms with Crippen LogP contribution in [0, 0.1) is 11.6 Å². The second kappa shape index (κ2) is 11.8. The standard InChI is InChI=1S/C28H29F2N3O3/c29-23-9-5-10-24(30)26(23)27(35)28(36)33-18-16-32(17-19-33)22-14-12-21(13-15-22)31-25(34)11-4-8-20-6-2-1-3-7-20/h1-3,5-7,9-10,12-15,27,35H,4,8,11,16-19H2,(H,31,34). The number of rotatable bonds is 8. The zero-order chi connectivity index (χ0) is 25.5. The Kier molecular flexibility index (Phi) is 8.28. The predicted molar refractivity (Wildman–Crippen MR) is 135 cm³/mol. The van der Waals surface area contributed by atoms with Crippen molar-refractivity contribution in [2.75, 3.05) is 36.4 Å². The Morgan fingerprint density at radius 1 is 0.861 bits per heavy atom. The summed E-state index contributed by atoms with van der Waals surface area (Å²) in [4.78, 5) is 28.4. The summed E-state index contributed by atoms with van der Waals surface area (Å²) in [6.07, 6.45) is 0.187. The Labute approximate surface area is 209 Å². The lowest BCUT2D eigenvalue weighted by Crippen LogP contribution is -2.50. The lowest BCUT2D eigenvalue weighted by atomic mass is 10.1. The fourth-order valence-electron chi connectivity index (χ4n) is 4.33. The molecule has 1 saturated heterocycles. The van der Waals surface area contributed by atoms with Gasteiger partial charge in [-0.25, -0.2) is 8.78 Å². The van der Waals surface area contributed by atoms with Gasteiger partial charge in [0, 0.05) is 44.0 Å². The number of carbonyl (C=O) groups is 2. The van der Waals surface area contributed by atoms with Crippen molar-refractivity contribution in [1.82, 2.24) is 4.90 Å². The molecule has 3 aromatic rings. The van der Waals surface area contributed by atoms with Gasteiger partial charge in [0.1, 0.15) is 11.6 Å². The molecule has 0 aliphatic carbocycles. The van der Waals surface area contributed by atoms with Gasteiger partial charge >= 0.3 is 0 Å². The van der Waals surface area contributed by atoms with E-state index >= 15 is 0 Å².